The number of nitrogens with one attached hydrogen (secondary N) is 1. The average Bonchev–Trinajstić information content (AvgIpc) is 2.63. The van der Waals surface area contributed by atoms with Gasteiger partial charge in [0.05, 0.1) is 0 Å². The number of amides is 1. The monoisotopic (exact) mass is 241 g/mol. The maximum atomic E-state index is 11.4. The second kappa shape index (κ2) is 7.67. The van der Waals surface area contributed by atoms with E-state index in [1.165, 1.54) is 38.5 Å². The molecule has 0 spiro atoms. The van der Waals surface area contributed by atoms with Crippen LogP contribution in [0.25, 0.3) is 0 Å². The predicted molar refractivity (Wildman–Crippen MR) is 70.8 cm³/mol. The minimum atomic E-state index is 0.0842. The molecule has 0 aromatic rings. The molecule has 0 aliphatic heterocycles. The zero-order chi connectivity index (χ0) is 12.7. The largest absolute Gasteiger partial charge is 0.359 e. The number of rotatable bonds is 5. The quantitative estimate of drug-likeness (QED) is 0.709. The molecular weight excluding hydrogens is 214 g/mol. The van der Waals surface area contributed by atoms with E-state index in [1.807, 2.05) is 0 Å². The van der Waals surface area contributed by atoms with Crippen molar-refractivity contribution in [1.29, 1.82) is 0 Å². The summed E-state index contributed by atoms with van der Waals surface area (Å²) in [5, 5.41) is 2.68. The second-order valence-electron chi connectivity index (χ2n) is 5.08. The zero-order valence-corrected chi connectivity index (χ0v) is 11.2. The number of nitrogens with two attached hydrogens (primary N) is 1. The number of carbonyl (C=O) groups excluding carboxylic acids is 1. The molecule has 0 aromatic carbocycles. The van der Waals surface area contributed by atoms with Crippen LogP contribution >= 0.6 is 0 Å². The van der Waals surface area contributed by atoms with Crippen LogP contribution < -0.4 is 11.1 Å². The third kappa shape index (κ3) is 4.64. The Bertz CT molecular complexity index is 225. The molecule has 0 heterocycles. The van der Waals surface area contributed by atoms with Gasteiger partial charge in [-0.05, 0) is 19.9 Å². The minimum Gasteiger partial charge on any atom is -0.359 e. The van der Waals surface area contributed by atoms with Crippen LogP contribution in [0.2, 0.25) is 0 Å². The van der Waals surface area contributed by atoms with Gasteiger partial charge in [-0.15, -0.1) is 0 Å². The van der Waals surface area contributed by atoms with Crippen molar-refractivity contribution in [2.24, 2.45) is 5.73 Å². The Morgan fingerprint density at radius 2 is 1.94 bits per heavy atom. The lowest BCUT2D eigenvalue weighted by molar-refractivity contribution is -0.121. The van der Waals surface area contributed by atoms with Crippen molar-refractivity contribution in [2.45, 2.75) is 57.0 Å². The molecule has 1 saturated carbocycles. The van der Waals surface area contributed by atoms with Crippen LogP contribution in [0.5, 0.6) is 0 Å². The fraction of sp³-hybridized carbons (Fsp3) is 0.923. The van der Waals surface area contributed by atoms with E-state index in [2.05, 4.69) is 17.3 Å². The molecule has 1 amide bonds. The fourth-order valence-corrected chi connectivity index (χ4v) is 2.67. The normalized spacial score (nSPS) is 20.0. The van der Waals surface area contributed by atoms with Crippen LogP contribution in [0.1, 0.15) is 44.9 Å². The maximum absolute atomic E-state index is 11.4. The first-order valence-corrected chi connectivity index (χ1v) is 6.81. The molecule has 1 rings (SSSR count). The first-order valence-electron chi connectivity index (χ1n) is 6.81. The molecule has 1 aliphatic carbocycles. The summed E-state index contributed by atoms with van der Waals surface area (Å²) in [6.45, 7) is 0.556. The van der Waals surface area contributed by atoms with E-state index in [4.69, 9.17) is 5.73 Å². The van der Waals surface area contributed by atoms with Crippen molar-refractivity contribution in [3.63, 3.8) is 0 Å². The Balaban J connectivity index is 2.50. The van der Waals surface area contributed by atoms with Crippen LogP contribution in [0.15, 0.2) is 0 Å². The third-order valence-electron chi connectivity index (χ3n) is 3.95. The molecule has 3 N–H and O–H groups in total. The Morgan fingerprint density at radius 1 is 1.35 bits per heavy atom. The van der Waals surface area contributed by atoms with Gasteiger partial charge in [-0.1, -0.05) is 25.7 Å². The molecule has 1 aliphatic rings. The highest BCUT2D eigenvalue weighted by Gasteiger charge is 2.24. The molecule has 100 valence electrons. The minimum absolute atomic E-state index is 0.0842. The lowest BCUT2D eigenvalue weighted by Crippen LogP contribution is -2.46. The molecule has 17 heavy (non-hydrogen) atoms. The topological polar surface area (TPSA) is 58.4 Å². The Morgan fingerprint density at radius 3 is 2.41 bits per heavy atom. The molecule has 4 nitrogen and oxygen atoms in total. The number of carbonyl (C=O) groups is 1. The molecule has 1 unspecified atom stereocenters. The van der Waals surface area contributed by atoms with Crippen LogP contribution in [-0.2, 0) is 4.79 Å². The Labute approximate surface area is 105 Å². The van der Waals surface area contributed by atoms with Gasteiger partial charge in [-0.25, -0.2) is 0 Å². The molecule has 1 atom stereocenters. The van der Waals surface area contributed by atoms with Gasteiger partial charge in [-0.2, -0.15) is 0 Å². The van der Waals surface area contributed by atoms with E-state index in [0.29, 0.717) is 19.0 Å². The summed E-state index contributed by atoms with van der Waals surface area (Å²) >= 11 is 0. The molecule has 0 aromatic heterocycles. The first kappa shape index (κ1) is 14.5. The van der Waals surface area contributed by atoms with Crippen molar-refractivity contribution in [1.82, 2.24) is 10.2 Å². The van der Waals surface area contributed by atoms with Crippen LogP contribution in [0.4, 0.5) is 0 Å². The highest BCUT2D eigenvalue weighted by atomic mass is 16.1. The van der Waals surface area contributed by atoms with Gasteiger partial charge in [0, 0.05) is 32.1 Å². The van der Waals surface area contributed by atoms with Crippen molar-refractivity contribution in [3.05, 3.63) is 0 Å². The van der Waals surface area contributed by atoms with E-state index >= 15 is 0 Å². The van der Waals surface area contributed by atoms with Crippen LogP contribution in [0, 0.1) is 0 Å². The Hall–Kier alpha value is -0.610. The summed E-state index contributed by atoms with van der Waals surface area (Å²) < 4.78 is 0. The van der Waals surface area contributed by atoms with Crippen molar-refractivity contribution < 1.29 is 4.79 Å². The highest BCUT2D eigenvalue weighted by molar-refractivity contribution is 5.76. The predicted octanol–water partition coefficient (Wildman–Crippen LogP) is 1.10. The van der Waals surface area contributed by atoms with E-state index < -0.39 is 0 Å². The summed E-state index contributed by atoms with van der Waals surface area (Å²) in [7, 11) is 3.80. The average molecular weight is 241 g/mol. The van der Waals surface area contributed by atoms with Gasteiger partial charge in [-0.3, -0.25) is 9.69 Å². The lowest BCUT2D eigenvalue weighted by atomic mass is 10.0. The standard InChI is InChI=1S/C13H27N3O/c1-15-13(17)9-12(10-14)16(2)11-7-5-3-4-6-8-11/h11-12H,3-10,14H2,1-2H3,(H,15,17). The zero-order valence-electron chi connectivity index (χ0n) is 11.2. The number of hydrogen-bond acceptors (Lipinski definition) is 3. The van der Waals surface area contributed by atoms with Crippen LogP contribution in [-0.4, -0.2) is 43.5 Å². The van der Waals surface area contributed by atoms with Gasteiger partial charge in [0.1, 0.15) is 0 Å². The van der Waals surface area contributed by atoms with Gasteiger partial charge in [0.2, 0.25) is 5.91 Å². The SMILES string of the molecule is CNC(=O)CC(CN)N(C)C1CCCCCC1. The van der Waals surface area contributed by atoms with Crippen LogP contribution in [0.3, 0.4) is 0 Å². The summed E-state index contributed by atoms with van der Waals surface area (Å²) in [4.78, 5) is 13.8. The smallest absolute Gasteiger partial charge is 0.221 e. The maximum Gasteiger partial charge on any atom is 0.221 e. The summed E-state index contributed by atoms with van der Waals surface area (Å²) in [6.07, 6.45) is 8.35. The van der Waals surface area contributed by atoms with Crippen molar-refractivity contribution in [2.75, 3.05) is 20.6 Å². The molecule has 0 bridgehead atoms. The molecule has 1 fully saturated rings. The molecule has 4 heteroatoms. The molecular formula is C13H27N3O. The molecule has 0 radical (unpaired) electrons. The molecule has 0 saturated heterocycles. The summed E-state index contributed by atoms with van der Waals surface area (Å²) in [6, 6.07) is 0.786. The number of hydrogen-bond donors (Lipinski definition) is 2. The highest BCUT2D eigenvalue weighted by Crippen LogP contribution is 2.22. The van der Waals surface area contributed by atoms with Gasteiger partial charge >= 0.3 is 0 Å². The second-order valence-corrected chi connectivity index (χ2v) is 5.08. The van der Waals surface area contributed by atoms with Gasteiger partial charge in [0.15, 0.2) is 0 Å². The van der Waals surface area contributed by atoms with Crippen molar-refractivity contribution in [3.8, 4) is 0 Å². The number of likely N-dealkylation sites (N-methyl/N-ethyl adjacent to an activating group) is 1. The van der Waals surface area contributed by atoms with E-state index in [9.17, 15) is 4.79 Å². The summed E-state index contributed by atoms with van der Waals surface area (Å²) in [5.41, 5.74) is 5.80. The fourth-order valence-electron chi connectivity index (χ4n) is 2.67. The lowest BCUT2D eigenvalue weighted by Gasteiger charge is -2.33. The number of nitrogens with zero attached hydrogens (tertiary/aromatic N) is 1. The van der Waals surface area contributed by atoms with E-state index in [-0.39, 0.29) is 11.9 Å². The van der Waals surface area contributed by atoms with E-state index in [1.54, 1.807) is 7.05 Å². The van der Waals surface area contributed by atoms with Crippen molar-refractivity contribution >= 4 is 5.91 Å². The first-order chi connectivity index (χ1) is 8.19. The van der Waals surface area contributed by atoms with Gasteiger partial charge < -0.3 is 11.1 Å². The van der Waals surface area contributed by atoms with E-state index in [0.717, 1.165) is 0 Å². The summed E-state index contributed by atoms with van der Waals surface area (Å²) in [5.74, 6) is 0.0842. The third-order valence-corrected chi connectivity index (χ3v) is 3.95. The van der Waals surface area contributed by atoms with Gasteiger partial charge in [0.25, 0.3) is 0 Å². The Kier molecular flexibility index (Phi) is 6.52.